The molecule has 1 aliphatic heterocycles. The van der Waals surface area contributed by atoms with Gasteiger partial charge >= 0.3 is 0 Å². The molecule has 2 aromatic carbocycles. The second-order valence-corrected chi connectivity index (χ2v) is 8.96. The van der Waals surface area contributed by atoms with E-state index in [9.17, 15) is 9.59 Å². The molecule has 1 saturated heterocycles. The van der Waals surface area contributed by atoms with Crippen LogP contribution in [-0.2, 0) is 20.7 Å². The van der Waals surface area contributed by atoms with E-state index >= 15 is 0 Å². The molecule has 3 nitrogen and oxygen atoms in total. The molecule has 0 radical (unpaired) electrons. The Balaban J connectivity index is 2.24. The van der Waals surface area contributed by atoms with E-state index in [1.165, 1.54) is 0 Å². The summed E-state index contributed by atoms with van der Waals surface area (Å²) in [6, 6.07) is 11.2. The number of hydrogen-bond donors (Lipinski definition) is 0. The molecule has 0 atom stereocenters. The Morgan fingerprint density at radius 1 is 0.893 bits per heavy atom. The maximum Gasteiger partial charge on any atom is 0.179 e. The topological polar surface area (TPSA) is 43.4 Å². The summed E-state index contributed by atoms with van der Waals surface area (Å²) in [6.07, 6.45) is 0.661. The van der Waals surface area contributed by atoms with E-state index in [1.807, 2.05) is 31.2 Å². The highest BCUT2D eigenvalue weighted by Gasteiger charge is 2.53. The van der Waals surface area contributed by atoms with Gasteiger partial charge in [-0.2, -0.15) is 0 Å². The minimum atomic E-state index is -1.08. The largest absolute Gasteiger partial charge is 0.354 e. The second-order valence-electron chi connectivity index (χ2n) is 8.14. The molecule has 0 aromatic heterocycles. The third-order valence-corrected chi connectivity index (χ3v) is 5.98. The number of carbonyl (C=O) groups excluding carboxylic acids is 2. The highest BCUT2D eigenvalue weighted by molar-refractivity contribution is 6.35. The normalized spacial score (nSPS) is 19.1. The number of ketones is 2. The van der Waals surface area contributed by atoms with Crippen LogP contribution in [0.1, 0.15) is 51.7 Å². The summed E-state index contributed by atoms with van der Waals surface area (Å²) < 4.78 is 5.82. The van der Waals surface area contributed by atoms with Crippen LogP contribution in [0.4, 0.5) is 0 Å². The van der Waals surface area contributed by atoms with Gasteiger partial charge in [0.15, 0.2) is 11.6 Å². The van der Waals surface area contributed by atoms with Crippen molar-refractivity contribution < 1.29 is 14.3 Å². The summed E-state index contributed by atoms with van der Waals surface area (Å²) in [7, 11) is 0. The lowest BCUT2D eigenvalue weighted by Crippen LogP contribution is -2.58. The zero-order valence-corrected chi connectivity index (χ0v) is 18.2. The van der Waals surface area contributed by atoms with Gasteiger partial charge in [-0.1, -0.05) is 54.4 Å². The van der Waals surface area contributed by atoms with Crippen molar-refractivity contribution >= 4 is 34.8 Å². The van der Waals surface area contributed by atoms with E-state index < -0.39 is 17.1 Å². The lowest BCUT2D eigenvalue weighted by molar-refractivity contribution is -0.184. The van der Waals surface area contributed by atoms with Crippen molar-refractivity contribution in [3.63, 3.8) is 0 Å². The molecular weight excluding hydrogens is 395 g/mol. The van der Waals surface area contributed by atoms with E-state index in [0.717, 1.165) is 16.7 Å². The molecule has 28 heavy (non-hydrogen) atoms. The highest BCUT2D eigenvalue weighted by atomic mass is 35.5. The van der Waals surface area contributed by atoms with Crippen LogP contribution >= 0.6 is 23.2 Å². The Labute approximate surface area is 176 Å². The van der Waals surface area contributed by atoms with Crippen LogP contribution in [0.25, 0.3) is 11.1 Å². The number of halogens is 2. The molecule has 0 saturated carbocycles. The first-order chi connectivity index (χ1) is 13.0. The standard InChI is InChI=1S/C23H24Cl2O3/c1-6-13-9-12-16(14-7-10-15(24)11-8-14)19(25)17(13)18-20(26)22(2,3)28-23(4,5)21(18)27/h7-12,18H,6H2,1-5H3. The monoisotopic (exact) mass is 418 g/mol. The van der Waals surface area contributed by atoms with Gasteiger partial charge in [0.05, 0.1) is 5.02 Å². The average molecular weight is 419 g/mol. The minimum Gasteiger partial charge on any atom is -0.354 e. The van der Waals surface area contributed by atoms with Crippen molar-refractivity contribution in [2.45, 2.75) is 58.2 Å². The fourth-order valence-electron chi connectivity index (χ4n) is 3.92. The van der Waals surface area contributed by atoms with Crippen molar-refractivity contribution in [3.8, 4) is 11.1 Å². The van der Waals surface area contributed by atoms with Gasteiger partial charge in [0.1, 0.15) is 17.1 Å². The molecule has 1 fully saturated rings. The van der Waals surface area contributed by atoms with Crippen LogP contribution < -0.4 is 0 Å². The SMILES string of the molecule is CCc1ccc(-c2ccc(Cl)cc2)c(Cl)c1C1C(=O)C(C)(C)OC(C)(C)C1=O. The molecular formula is C23H24Cl2O3. The fraction of sp³-hybridized carbons (Fsp3) is 0.391. The van der Waals surface area contributed by atoms with Crippen LogP contribution in [0, 0.1) is 0 Å². The number of hydrogen-bond acceptors (Lipinski definition) is 3. The van der Waals surface area contributed by atoms with Crippen LogP contribution in [0.2, 0.25) is 10.0 Å². The van der Waals surface area contributed by atoms with Crippen molar-refractivity contribution in [1.29, 1.82) is 0 Å². The van der Waals surface area contributed by atoms with Gasteiger partial charge in [-0.25, -0.2) is 0 Å². The fourth-order valence-corrected chi connectivity index (χ4v) is 4.45. The van der Waals surface area contributed by atoms with Crippen LogP contribution in [0.15, 0.2) is 36.4 Å². The number of benzene rings is 2. The summed E-state index contributed by atoms with van der Waals surface area (Å²) in [4.78, 5) is 26.5. The third kappa shape index (κ3) is 3.52. The summed E-state index contributed by atoms with van der Waals surface area (Å²) in [6.45, 7) is 8.82. The summed E-state index contributed by atoms with van der Waals surface area (Å²) in [5.74, 6) is -1.48. The first-order valence-electron chi connectivity index (χ1n) is 9.35. The molecule has 0 spiro atoms. The van der Waals surface area contributed by atoms with Gasteiger partial charge in [-0.05, 0) is 62.9 Å². The highest BCUT2D eigenvalue weighted by Crippen LogP contribution is 2.44. The molecule has 1 heterocycles. The predicted molar refractivity (Wildman–Crippen MR) is 113 cm³/mol. The number of carbonyl (C=O) groups is 2. The van der Waals surface area contributed by atoms with Crippen LogP contribution in [0.5, 0.6) is 0 Å². The lowest BCUT2D eigenvalue weighted by Gasteiger charge is -2.43. The Kier molecular flexibility index (Phi) is 5.48. The Morgan fingerprint density at radius 3 is 1.93 bits per heavy atom. The van der Waals surface area contributed by atoms with E-state index in [-0.39, 0.29) is 11.6 Å². The molecule has 3 rings (SSSR count). The van der Waals surface area contributed by atoms with E-state index in [1.54, 1.807) is 39.8 Å². The van der Waals surface area contributed by atoms with Gasteiger partial charge in [0.2, 0.25) is 0 Å². The van der Waals surface area contributed by atoms with Crippen molar-refractivity contribution in [1.82, 2.24) is 0 Å². The van der Waals surface area contributed by atoms with Gasteiger partial charge in [-0.3, -0.25) is 9.59 Å². The van der Waals surface area contributed by atoms with Crippen LogP contribution in [-0.4, -0.2) is 22.8 Å². The van der Waals surface area contributed by atoms with Gasteiger partial charge < -0.3 is 4.74 Å². The van der Waals surface area contributed by atoms with E-state index in [4.69, 9.17) is 27.9 Å². The van der Waals surface area contributed by atoms with Crippen molar-refractivity contribution in [3.05, 3.63) is 57.6 Å². The van der Waals surface area contributed by atoms with Gasteiger partial charge in [0.25, 0.3) is 0 Å². The van der Waals surface area contributed by atoms with E-state index in [2.05, 4.69) is 0 Å². The van der Waals surface area contributed by atoms with Crippen molar-refractivity contribution in [2.75, 3.05) is 0 Å². The quantitative estimate of drug-likeness (QED) is 0.571. The number of ether oxygens (including phenoxy) is 1. The molecule has 0 amide bonds. The number of Topliss-reactive ketones (excluding diaryl/α,β-unsaturated/α-hetero) is 2. The second kappa shape index (κ2) is 7.29. The van der Waals surface area contributed by atoms with Crippen molar-refractivity contribution in [2.24, 2.45) is 0 Å². The average Bonchev–Trinajstić information content (AvgIpc) is 2.62. The maximum atomic E-state index is 13.2. The number of rotatable bonds is 3. The molecule has 1 aliphatic rings. The zero-order valence-electron chi connectivity index (χ0n) is 16.7. The smallest absolute Gasteiger partial charge is 0.179 e. The Bertz CT molecular complexity index is 917. The lowest BCUT2D eigenvalue weighted by atomic mass is 9.73. The predicted octanol–water partition coefficient (Wildman–Crippen LogP) is 6.03. The van der Waals surface area contributed by atoms with E-state index in [0.29, 0.717) is 22.0 Å². The Hall–Kier alpha value is -1.68. The first-order valence-corrected chi connectivity index (χ1v) is 10.1. The molecule has 0 bridgehead atoms. The Morgan fingerprint density at radius 2 is 1.43 bits per heavy atom. The summed E-state index contributed by atoms with van der Waals surface area (Å²) in [5, 5.41) is 1.06. The summed E-state index contributed by atoms with van der Waals surface area (Å²) in [5.41, 5.74) is 0.982. The molecule has 148 valence electrons. The molecule has 0 aliphatic carbocycles. The zero-order chi connectivity index (χ0) is 20.9. The van der Waals surface area contributed by atoms with Crippen LogP contribution in [0.3, 0.4) is 0 Å². The summed E-state index contributed by atoms with van der Waals surface area (Å²) >= 11 is 12.8. The molecule has 2 aromatic rings. The molecule has 5 heteroatoms. The molecule has 0 unspecified atom stereocenters. The van der Waals surface area contributed by atoms with Gasteiger partial charge in [0, 0.05) is 10.6 Å². The molecule has 0 N–H and O–H groups in total. The maximum absolute atomic E-state index is 13.2. The number of aryl methyl sites for hydroxylation is 1. The van der Waals surface area contributed by atoms with Gasteiger partial charge in [-0.15, -0.1) is 0 Å². The minimum absolute atomic E-state index is 0.262. The third-order valence-electron chi connectivity index (χ3n) is 5.32. The first kappa shape index (κ1) is 21.0.